The number of ether oxygens (including phenoxy) is 1. The molecule has 0 bridgehead atoms. The van der Waals surface area contributed by atoms with Crippen LogP contribution in [0, 0.1) is 0 Å². The van der Waals surface area contributed by atoms with E-state index in [0.29, 0.717) is 6.04 Å². The molecule has 1 aliphatic rings. The Bertz CT molecular complexity index is 394. The van der Waals surface area contributed by atoms with Crippen LogP contribution in [0.2, 0.25) is 0 Å². The number of rotatable bonds is 7. The van der Waals surface area contributed by atoms with Crippen LogP contribution in [-0.4, -0.2) is 19.2 Å². The van der Waals surface area contributed by atoms with Gasteiger partial charge in [-0.2, -0.15) is 0 Å². The van der Waals surface area contributed by atoms with Crippen molar-refractivity contribution in [2.45, 2.75) is 45.1 Å². The van der Waals surface area contributed by atoms with Crippen LogP contribution in [0.1, 0.15) is 44.6 Å². The van der Waals surface area contributed by atoms with Gasteiger partial charge in [0.1, 0.15) is 5.75 Å². The Morgan fingerprint density at radius 1 is 1.32 bits per heavy atom. The van der Waals surface area contributed by atoms with Gasteiger partial charge in [0, 0.05) is 11.6 Å². The Balaban J connectivity index is 1.91. The normalized spacial score (nSPS) is 19.1. The number of benzene rings is 1. The molecule has 0 spiro atoms. The van der Waals surface area contributed by atoms with E-state index in [2.05, 4.69) is 42.6 Å². The molecule has 0 saturated carbocycles. The highest BCUT2D eigenvalue weighted by Gasteiger charge is 2.10. The van der Waals surface area contributed by atoms with E-state index in [0.717, 1.165) is 25.3 Å². The van der Waals surface area contributed by atoms with Gasteiger partial charge in [0.15, 0.2) is 0 Å². The third-order valence-corrected chi connectivity index (χ3v) is 3.53. The maximum absolute atomic E-state index is 5.88. The molecule has 0 aliphatic carbocycles. The van der Waals surface area contributed by atoms with Gasteiger partial charge in [-0.15, -0.1) is 0 Å². The van der Waals surface area contributed by atoms with Crippen molar-refractivity contribution >= 4 is 6.08 Å². The second-order valence-corrected chi connectivity index (χ2v) is 5.16. The second kappa shape index (κ2) is 8.00. The molecule has 1 N–H and O–H groups in total. The average Bonchev–Trinajstić information content (AvgIpc) is 2.96. The van der Waals surface area contributed by atoms with Gasteiger partial charge >= 0.3 is 0 Å². The first-order chi connectivity index (χ1) is 9.40. The van der Waals surface area contributed by atoms with Crippen LogP contribution in [0.25, 0.3) is 6.08 Å². The molecule has 2 rings (SSSR count). The molecule has 0 amide bonds. The minimum Gasteiger partial charge on any atom is -0.493 e. The van der Waals surface area contributed by atoms with E-state index in [1.807, 2.05) is 6.07 Å². The maximum atomic E-state index is 5.88. The Morgan fingerprint density at radius 3 is 3.00 bits per heavy atom. The van der Waals surface area contributed by atoms with Crippen LogP contribution < -0.4 is 10.1 Å². The lowest BCUT2D eigenvalue weighted by atomic mass is 10.1. The van der Waals surface area contributed by atoms with Gasteiger partial charge in [0.25, 0.3) is 0 Å². The number of nitrogens with one attached hydrogen (secondary N) is 1. The lowest BCUT2D eigenvalue weighted by Gasteiger charge is -2.09. The van der Waals surface area contributed by atoms with Gasteiger partial charge in [0.2, 0.25) is 0 Å². The third kappa shape index (κ3) is 4.71. The van der Waals surface area contributed by atoms with Crippen molar-refractivity contribution in [3.63, 3.8) is 0 Å². The van der Waals surface area contributed by atoms with Crippen molar-refractivity contribution in [3.8, 4) is 5.75 Å². The Kier molecular flexibility index (Phi) is 5.96. The minimum absolute atomic E-state index is 0.535. The monoisotopic (exact) mass is 259 g/mol. The molecule has 1 aliphatic heterocycles. The first kappa shape index (κ1) is 14.1. The highest BCUT2D eigenvalue weighted by atomic mass is 16.5. The molecule has 1 unspecified atom stereocenters. The molecular formula is C17H25NO. The third-order valence-electron chi connectivity index (χ3n) is 3.53. The fraction of sp³-hybridized carbons (Fsp3) is 0.529. The van der Waals surface area contributed by atoms with Gasteiger partial charge in [-0.05, 0) is 31.9 Å². The molecule has 1 heterocycles. The molecule has 2 heteroatoms. The molecule has 1 aromatic carbocycles. The Hall–Kier alpha value is -1.28. The standard InChI is InChI=1S/C17H25NO/c1-2-3-6-14-19-17-10-5-4-8-15(17)11-12-16-9-7-13-18-16/h4-5,8,10-12,16,18H,2-3,6-7,9,13-14H2,1H3. The summed E-state index contributed by atoms with van der Waals surface area (Å²) in [6.45, 7) is 4.18. The lowest BCUT2D eigenvalue weighted by Crippen LogP contribution is -2.17. The molecule has 19 heavy (non-hydrogen) atoms. The van der Waals surface area contributed by atoms with Crippen molar-refractivity contribution in [2.24, 2.45) is 0 Å². The predicted molar refractivity (Wildman–Crippen MR) is 81.5 cm³/mol. The van der Waals surface area contributed by atoms with Gasteiger partial charge in [-0.3, -0.25) is 0 Å². The summed E-state index contributed by atoms with van der Waals surface area (Å²) in [7, 11) is 0. The maximum Gasteiger partial charge on any atom is 0.126 e. The van der Waals surface area contributed by atoms with E-state index in [9.17, 15) is 0 Å². The highest BCUT2D eigenvalue weighted by Crippen LogP contribution is 2.21. The minimum atomic E-state index is 0.535. The quantitative estimate of drug-likeness (QED) is 0.747. The molecule has 0 aromatic heterocycles. The van der Waals surface area contributed by atoms with Crippen LogP contribution >= 0.6 is 0 Å². The number of unbranched alkanes of at least 4 members (excludes halogenated alkanes) is 2. The fourth-order valence-corrected chi connectivity index (χ4v) is 2.38. The van der Waals surface area contributed by atoms with Crippen molar-refractivity contribution < 1.29 is 4.74 Å². The molecular weight excluding hydrogens is 234 g/mol. The summed E-state index contributed by atoms with van der Waals surface area (Å²) in [5, 5.41) is 3.48. The largest absolute Gasteiger partial charge is 0.493 e. The summed E-state index contributed by atoms with van der Waals surface area (Å²) in [6, 6.07) is 8.84. The molecule has 1 saturated heterocycles. The zero-order chi connectivity index (χ0) is 13.3. The molecule has 2 nitrogen and oxygen atoms in total. The summed E-state index contributed by atoms with van der Waals surface area (Å²) < 4.78 is 5.88. The molecule has 0 radical (unpaired) electrons. The summed E-state index contributed by atoms with van der Waals surface area (Å²) in [4.78, 5) is 0. The van der Waals surface area contributed by atoms with E-state index >= 15 is 0 Å². The van der Waals surface area contributed by atoms with E-state index in [1.165, 1.54) is 31.2 Å². The van der Waals surface area contributed by atoms with Crippen molar-refractivity contribution in [2.75, 3.05) is 13.2 Å². The zero-order valence-corrected chi connectivity index (χ0v) is 11.9. The summed E-state index contributed by atoms with van der Waals surface area (Å²) >= 11 is 0. The average molecular weight is 259 g/mol. The summed E-state index contributed by atoms with van der Waals surface area (Å²) in [5.41, 5.74) is 1.19. The van der Waals surface area contributed by atoms with Crippen LogP contribution in [0.4, 0.5) is 0 Å². The summed E-state index contributed by atoms with van der Waals surface area (Å²) in [6.07, 6.45) is 10.6. The first-order valence-electron chi connectivity index (χ1n) is 7.53. The number of hydrogen-bond acceptors (Lipinski definition) is 2. The molecule has 1 fully saturated rings. The van der Waals surface area contributed by atoms with Crippen molar-refractivity contribution in [1.29, 1.82) is 0 Å². The van der Waals surface area contributed by atoms with Crippen molar-refractivity contribution in [3.05, 3.63) is 35.9 Å². The zero-order valence-electron chi connectivity index (χ0n) is 11.9. The van der Waals surface area contributed by atoms with E-state index in [4.69, 9.17) is 4.74 Å². The first-order valence-corrected chi connectivity index (χ1v) is 7.53. The number of hydrogen-bond donors (Lipinski definition) is 1. The summed E-state index contributed by atoms with van der Waals surface area (Å²) in [5.74, 6) is 1.01. The van der Waals surface area contributed by atoms with Crippen LogP contribution in [0.3, 0.4) is 0 Å². The molecule has 1 atom stereocenters. The van der Waals surface area contributed by atoms with E-state index in [-0.39, 0.29) is 0 Å². The van der Waals surface area contributed by atoms with Gasteiger partial charge in [0.05, 0.1) is 6.61 Å². The van der Waals surface area contributed by atoms with Crippen LogP contribution in [0.5, 0.6) is 5.75 Å². The number of para-hydroxylation sites is 1. The molecule has 1 aromatic rings. The van der Waals surface area contributed by atoms with E-state index in [1.54, 1.807) is 0 Å². The second-order valence-electron chi connectivity index (χ2n) is 5.16. The van der Waals surface area contributed by atoms with E-state index < -0.39 is 0 Å². The smallest absolute Gasteiger partial charge is 0.126 e. The Morgan fingerprint density at radius 2 is 2.21 bits per heavy atom. The Labute approximate surface area is 116 Å². The van der Waals surface area contributed by atoms with Crippen molar-refractivity contribution in [1.82, 2.24) is 5.32 Å². The van der Waals surface area contributed by atoms with Gasteiger partial charge in [-0.1, -0.05) is 50.1 Å². The topological polar surface area (TPSA) is 21.3 Å². The van der Waals surface area contributed by atoms with Crippen LogP contribution in [0.15, 0.2) is 30.3 Å². The van der Waals surface area contributed by atoms with Gasteiger partial charge < -0.3 is 10.1 Å². The predicted octanol–water partition coefficient (Wildman–Crippen LogP) is 4.02. The van der Waals surface area contributed by atoms with Gasteiger partial charge in [-0.25, -0.2) is 0 Å². The lowest BCUT2D eigenvalue weighted by molar-refractivity contribution is 0.305. The SMILES string of the molecule is CCCCCOc1ccccc1C=CC1CCCN1. The fourth-order valence-electron chi connectivity index (χ4n) is 2.38. The highest BCUT2D eigenvalue weighted by molar-refractivity contribution is 5.57. The molecule has 104 valence electrons. The van der Waals surface area contributed by atoms with Crippen LogP contribution in [-0.2, 0) is 0 Å².